The van der Waals surface area contributed by atoms with E-state index in [9.17, 15) is 0 Å². The van der Waals surface area contributed by atoms with Gasteiger partial charge in [0.15, 0.2) is 0 Å². The van der Waals surface area contributed by atoms with Crippen LogP contribution in [0.15, 0.2) is 18.2 Å². The molecule has 3 nitrogen and oxygen atoms in total. The van der Waals surface area contributed by atoms with Crippen LogP contribution in [0.2, 0.25) is 0 Å². The molecule has 1 saturated carbocycles. The Labute approximate surface area is 115 Å². The van der Waals surface area contributed by atoms with E-state index in [2.05, 4.69) is 13.8 Å². The van der Waals surface area contributed by atoms with Gasteiger partial charge in [-0.15, -0.1) is 0 Å². The number of nitrogens with two attached hydrogens (primary N) is 1. The summed E-state index contributed by atoms with van der Waals surface area (Å²) in [5.41, 5.74) is 8.62. The number of nitrogen functional groups attached to an aromatic ring is 1. The van der Waals surface area contributed by atoms with E-state index in [1.807, 2.05) is 18.2 Å². The second-order valence-corrected chi connectivity index (χ2v) is 5.67. The smallest absolute Gasteiger partial charge is 0.122 e. The van der Waals surface area contributed by atoms with E-state index in [0.29, 0.717) is 18.6 Å². The molecule has 0 aliphatic heterocycles. The van der Waals surface area contributed by atoms with Crippen LogP contribution in [0.5, 0.6) is 0 Å². The predicted molar refractivity (Wildman–Crippen MR) is 78.4 cm³/mol. The number of aryl methyl sites for hydroxylation is 1. The summed E-state index contributed by atoms with van der Waals surface area (Å²) in [5, 5.41) is 7.44. The molecular formula is C16H24N2O. The molecule has 2 rings (SSSR count). The molecule has 2 atom stereocenters. The number of hydrogen-bond donors (Lipinski definition) is 2. The third-order valence-electron chi connectivity index (χ3n) is 4.14. The van der Waals surface area contributed by atoms with Crippen LogP contribution in [-0.2, 0) is 11.3 Å². The van der Waals surface area contributed by atoms with Crippen LogP contribution in [0.3, 0.4) is 0 Å². The zero-order chi connectivity index (χ0) is 13.8. The number of rotatable bonds is 4. The standard InChI is InChI=1S/C16H24N2O/c1-11-5-3-4-6-15(11)19-10-14-8-7-13(16(17)18)9-12(14)2/h7-9,11,15H,3-6,10H2,1-2H3,(H3,17,18). The third-order valence-corrected chi connectivity index (χ3v) is 4.14. The lowest BCUT2D eigenvalue weighted by atomic mass is 9.88. The molecule has 1 fully saturated rings. The van der Waals surface area contributed by atoms with Gasteiger partial charge in [-0.05, 0) is 42.9 Å². The van der Waals surface area contributed by atoms with E-state index < -0.39 is 0 Å². The molecule has 1 aromatic carbocycles. The minimum absolute atomic E-state index is 0.122. The lowest BCUT2D eigenvalue weighted by Gasteiger charge is -2.29. The average Bonchev–Trinajstić information content (AvgIpc) is 2.39. The minimum Gasteiger partial charge on any atom is -0.384 e. The van der Waals surface area contributed by atoms with Crippen molar-refractivity contribution >= 4 is 5.84 Å². The van der Waals surface area contributed by atoms with Gasteiger partial charge >= 0.3 is 0 Å². The normalized spacial score (nSPS) is 23.3. The summed E-state index contributed by atoms with van der Waals surface area (Å²) in [7, 11) is 0. The van der Waals surface area contributed by atoms with Gasteiger partial charge in [0.25, 0.3) is 0 Å². The van der Waals surface area contributed by atoms with Gasteiger partial charge in [-0.3, -0.25) is 5.41 Å². The molecule has 2 unspecified atom stereocenters. The zero-order valence-electron chi connectivity index (χ0n) is 11.9. The number of nitrogens with one attached hydrogen (secondary N) is 1. The minimum atomic E-state index is 0.122. The number of amidine groups is 1. The Kier molecular flexibility index (Phi) is 4.59. The summed E-state index contributed by atoms with van der Waals surface area (Å²) in [6.45, 7) is 5.00. The van der Waals surface area contributed by atoms with Gasteiger partial charge in [-0.2, -0.15) is 0 Å². The van der Waals surface area contributed by atoms with E-state index in [1.165, 1.54) is 31.2 Å². The van der Waals surface area contributed by atoms with Crippen LogP contribution in [0.1, 0.15) is 49.3 Å². The van der Waals surface area contributed by atoms with Crippen molar-refractivity contribution in [2.45, 2.75) is 52.2 Å². The Balaban J connectivity index is 1.97. The summed E-state index contributed by atoms with van der Waals surface area (Å²) in [4.78, 5) is 0. The van der Waals surface area contributed by atoms with Crippen molar-refractivity contribution in [3.63, 3.8) is 0 Å². The largest absolute Gasteiger partial charge is 0.384 e. The van der Waals surface area contributed by atoms with Gasteiger partial charge in [-0.25, -0.2) is 0 Å². The van der Waals surface area contributed by atoms with Gasteiger partial charge in [0.2, 0.25) is 0 Å². The highest BCUT2D eigenvalue weighted by molar-refractivity contribution is 5.95. The Morgan fingerprint density at radius 2 is 2.11 bits per heavy atom. The van der Waals surface area contributed by atoms with Crippen LogP contribution in [0.25, 0.3) is 0 Å². The molecule has 104 valence electrons. The number of hydrogen-bond acceptors (Lipinski definition) is 2. The highest BCUT2D eigenvalue weighted by atomic mass is 16.5. The summed E-state index contributed by atoms with van der Waals surface area (Å²) >= 11 is 0. The van der Waals surface area contributed by atoms with Crippen LogP contribution in [0, 0.1) is 18.3 Å². The topological polar surface area (TPSA) is 59.1 Å². The van der Waals surface area contributed by atoms with Gasteiger partial charge in [0, 0.05) is 5.56 Å². The summed E-state index contributed by atoms with van der Waals surface area (Å²) in [6, 6.07) is 5.89. The lowest BCUT2D eigenvalue weighted by Crippen LogP contribution is -2.25. The molecule has 0 saturated heterocycles. The molecule has 0 radical (unpaired) electrons. The summed E-state index contributed by atoms with van der Waals surface area (Å²) in [6.07, 6.45) is 5.50. The molecule has 19 heavy (non-hydrogen) atoms. The third kappa shape index (κ3) is 3.57. The molecule has 1 aliphatic carbocycles. The van der Waals surface area contributed by atoms with Crippen molar-refractivity contribution in [3.05, 3.63) is 34.9 Å². The van der Waals surface area contributed by atoms with E-state index in [4.69, 9.17) is 15.9 Å². The molecule has 0 aromatic heterocycles. The molecule has 0 heterocycles. The maximum atomic E-state index is 7.44. The van der Waals surface area contributed by atoms with Gasteiger partial charge in [0.05, 0.1) is 12.7 Å². The van der Waals surface area contributed by atoms with E-state index >= 15 is 0 Å². The molecule has 3 N–H and O–H groups in total. The van der Waals surface area contributed by atoms with Crippen molar-refractivity contribution in [2.75, 3.05) is 0 Å². The van der Waals surface area contributed by atoms with Crippen molar-refractivity contribution in [2.24, 2.45) is 11.7 Å². The SMILES string of the molecule is Cc1cc(C(=N)N)ccc1COC1CCCCC1C. The first-order chi connectivity index (χ1) is 9.08. The fourth-order valence-corrected chi connectivity index (χ4v) is 2.75. The first-order valence-corrected chi connectivity index (χ1v) is 7.13. The van der Waals surface area contributed by atoms with Gasteiger partial charge in [0.1, 0.15) is 5.84 Å². The van der Waals surface area contributed by atoms with Gasteiger partial charge < -0.3 is 10.5 Å². The monoisotopic (exact) mass is 260 g/mol. The first kappa shape index (κ1) is 14.1. The number of ether oxygens (including phenoxy) is 1. The molecule has 0 amide bonds. The van der Waals surface area contributed by atoms with Crippen LogP contribution >= 0.6 is 0 Å². The van der Waals surface area contributed by atoms with E-state index in [0.717, 1.165) is 11.1 Å². The van der Waals surface area contributed by atoms with Crippen LogP contribution < -0.4 is 5.73 Å². The highest BCUT2D eigenvalue weighted by Gasteiger charge is 2.21. The second-order valence-electron chi connectivity index (χ2n) is 5.67. The van der Waals surface area contributed by atoms with Crippen molar-refractivity contribution in [1.29, 1.82) is 5.41 Å². The summed E-state index contributed by atoms with van der Waals surface area (Å²) < 4.78 is 6.08. The fourth-order valence-electron chi connectivity index (χ4n) is 2.75. The van der Waals surface area contributed by atoms with Crippen molar-refractivity contribution in [1.82, 2.24) is 0 Å². The average molecular weight is 260 g/mol. The fraction of sp³-hybridized carbons (Fsp3) is 0.562. The molecule has 0 bridgehead atoms. The second kappa shape index (κ2) is 6.20. The molecule has 0 spiro atoms. The van der Waals surface area contributed by atoms with Crippen molar-refractivity contribution < 1.29 is 4.74 Å². The Hall–Kier alpha value is -1.35. The Bertz CT molecular complexity index is 456. The predicted octanol–water partition coefficient (Wildman–Crippen LogP) is 3.37. The Morgan fingerprint density at radius 1 is 1.37 bits per heavy atom. The van der Waals surface area contributed by atoms with Gasteiger partial charge in [-0.1, -0.05) is 31.9 Å². The molecule has 1 aliphatic rings. The van der Waals surface area contributed by atoms with Crippen LogP contribution in [-0.4, -0.2) is 11.9 Å². The van der Waals surface area contributed by atoms with Crippen molar-refractivity contribution in [3.8, 4) is 0 Å². The maximum absolute atomic E-state index is 7.44. The zero-order valence-corrected chi connectivity index (χ0v) is 11.9. The molecular weight excluding hydrogens is 236 g/mol. The lowest BCUT2D eigenvalue weighted by molar-refractivity contribution is -0.0156. The van der Waals surface area contributed by atoms with E-state index in [-0.39, 0.29) is 5.84 Å². The first-order valence-electron chi connectivity index (χ1n) is 7.13. The quantitative estimate of drug-likeness (QED) is 0.644. The molecule has 1 aromatic rings. The summed E-state index contributed by atoms with van der Waals surface area (Å²) in [5.74, 6) is 0.794. The highest BCUT2D eigenvalue weighted by Crippen LogP contribution is 2.27. The van der Waals surface area contributed by atoms with E-state index in [1.54, 1.807) is 0 Å². The number of benzene rings is 1. The van der Waals surface area contributed by atoms with Crippen LogP contribution in [0.4, 0.5) is 0 Å². The molecule has 3 heteroatoms. The Morgan fingerprint density at radius 3 is 2.74 bits per heavy atom. The maximum Gasteiger partial charge on any atom is 0.122 e.